The van der Waals surface area contributed by atoms with Crippen molar-refractivity contribution in [1.82, 2.24) is 0 Å². The Kier molecular flexibility index (Phi) is 2.07. The fraction of sp³-hybridized carbons (Fsp3) is 0.0909. The van der Waals surface area contributed by atoms with Gasteiger partial charge in [0.1, 0.15) is 0 Å². The van der Waals surface area contributed by atoms with E-state index >= 15 is 0 Å². The van der Waals surface area contributed by atoms with Crippen molar-refractivity contribution in [3.8, 4) is 0 Å². The summed E-state index contributed by atoms with van der Waals surface area (Å²) in [6, 6.07) is 9.17. The van der Waals surface area contributed by atoms with Gasteiger partial charge in [-0.15, -0.1) is 0 Å². The molecule has 0 aliphatic rings. The van der Waals surface area contributed by atoms with Gasteiger partial charge in [-0.3, -0.25) is 0 Å². The van der Waals surface area contributed by atoms with Gasteiger partial charge in [-0.05, 0) is 31.2 Å². The van der Waals surface area contributed by atoms with Crippen molar-refractivity contribution in [3.05, 3.63) is 48.2 Å². The maximum absolute atomic E-state index is 12.0. The summed E-state index contributed by atoms with van der Waals surface area (Å²) < 4.78 is 35.9. The van der Waals surface area contributed by atoms with Gasteiger partial charge in [0.05, 0.1) is 11.2 Å². The van der Waals surface area contributed by atoms with E-state index in [0.29, 0.717) is 0 Å². The first-order valence-corrected chi connectivity index (χ1v) is 5.79. The molecule has 2 aromatic rings. The SMILES string of the molecule is [2H]Cc1ccc(S(=O)(=O)c2ccco2)cc1. The molecule has 0 spiro atoms. The third kappa shape index (κ3) is 1.80. The second-order valence-electron chi connectivity index (χ2n) is 3.08. The number of furan rings is 1. The molecule has 0 amide bonds. The van der Waals surface area contributed by atoms with E-state index in [9.17, 15) is 8.42 Å². The van der Waals surface area contributed by atoms with Crippen LogP contribution in [0.25, 0.3) is 0 Å². The molecule has 0 bridgehead atoms. The smallest absolute Gasteiger partial charge is 0.239 e. The first-order valence-electron chi connectivity index (χ1n) is 5.02. The average Bonchev–Trinajstić information content (AvgIpc) is 2.83. The number of aryl methyl sites for hydroxylation is 1. The topological polar surface area (TPSA) is 47.3 Å². The van der Waals surface area contributed by atoms with Crippen LogP contribution < -0.4 is 0 Å². The molecular formula is C11H10O3S. The molecule has 1 aromatic heterocycles. The zero-order valence-electron chi connectivity index (χ0n) is 8.88. The maximum atomic E-state index is 12.0. The fourth-order valence-corrected chi connectivity index (χ4v) is 2.37. The van der Waals surface area contributed by atoms with Gasteiger partial charge in [0.25, 0.3) is 0 Å². The maximum Gasteiger partial charge on any atom is 0.239 e. The molecule has 2 rings (SSSR count). The Bertz CT molecular complexity index is 556. The van der Waals surface area contributed by atoms with Crippen molar-refractivity contribution in [2.24, 2.45) is 0 Å². The largest absolute Gasteiger partial charge is 0.453 e. The van der Waals surface area contributed by atoms with E-state index in [-0.39, 0.29) is 16.9 Å². The zero-order valence-corrected chi connectivity index (χ0v) is 8.70. The summed E-state index contributed by atoms with van der Waals surface area (Å²) in [6.07, 6.45) is 1.32. The highest BCUT2D eigenvalue weighted by Gasteiger charge is 2.19. The number of benzene rings is 1. The first-order chi connectivity index (χ1) is 7.64. The standard InChI is InChI=1S/C11H10O3S/c1-9-4-6-10(7-5-9)15(12,13)11-3-2-8-14-11/h2-8H,1H3/i1D. The molecule has 4 heteroatoms. The van der Waals surface area contributed by atoms with Crippen molar-refractivity contribution in [2.45, 2.75) is 16.9 Å². The lowest BCUT2D eigenvalue weighted by molar-refractivity contribution is 0.450. The molecule has 0 N–H and O–H groups in total. The summed E-state index contributed by atoms with van der Waals surface area (Å²) in [5.74, 6) is 0. The molecule has 0 atom stereocenters. The highest BCUT2D eigenvalue weighted by Crippen LogP contribution is 2.20. The predicted octanol–water partition coefficient (Wildman–Crippen LogP) is 2.42. The van der Waals surface area contributed by atoms with Crippen LogP contribution in [0.4, 0.5) is 0 Å². The van der Waals surface area contributed by atoms with Crippen molar-refractivity contribution >= 4 is 9.84 Å². The van der Waals surface area contributed by atoms with Gasteiger partial charge in [0.2, 0.25) is 14.9 Å². The Balaban J connectivity index is 2.44. The van der Waals surface area contributed by atoms with Gasteiger partial charge in [-0.1, -0.05) is 17.7 Å². The van der Waals surface area contributed by atoms with E-state index in [4.69, 9.17) is 5.79 Å². The predicted molar refractivity (Wildman–Crippen MR) is 55.3 cm³/mol. The highest BCUT2D eigenvalue weighted by atomic mass is 32.2. The monoisotopic (exact) mass is 223 g/mol. The fourth-order valence-electron chi connectivity index (χ4n) is 1.20. The van der Waals surface area contributed by atoms with Crippen LogP contribution >= 0.6 is 0 Å². The minimum absolute atomic E-state index is 0.0638. The van der Waals surface area contributed by atoms with Crippen LogP contribution in [-0.4, -0.2) is 8.42 Å². The first kappa shape index (κ1) is 8.73. The van der Waals surface area contributed by atoms with Crippen LogP contribution in [0.1, 0.15) is 6.93 Å². The Labute approximate surface area is 89.7 Å². The van der Waals surface area contributed by atoms with Crippen LogP contribution in [0.3, 0.4) is 0 Å². The van der Waals surface area contributed by atoms with E-state index in [2.05, 4.69) is 0 Å². The number of hydrogen-bond donors (Lipinski definition) is 0. The van der Waals surface area contributed by atoms with E-state index in [1.165, 1.54) is 30.5 Å². The normalized spacial score (nSPS) is 12.4. The molecular weight excluding hydrogens is 212 g/mol. The summed E-state index contributed by atoms with van der Waals surface area (Å²) in [5.41, 5.74) is 0.776. The van der Waals surface area contributed by atoms with Gasteiger partial charge in [0.15, 0.2) is 0 Å². The molecule has 0 aliphatic carbocycles. The van der Waals surface area contributed by atoms with Crippen molar-refractivity contribution in [2.75, 3.05) is 0 Å². The second-order valence-corrected chi connectivity index (χ2v) is 4.96. The lowest BCUT2D eigenvalue weighted by atomic mass is 10.2. The molecule has 0 radical (unpaired) electrons. The van der Waals surface area contributed by atoms with Crippen molar-refractivity contribution in [1.29, 1.82) is 0 Å². The Morgan fingerprint density at radius 2 is 1.93 bits per heavy atom. The lowest BCUT2D eigenvalue weighted by Crippen LogP contribution is -1.99. The van der Waals surface area contributed by atoms with E-state index in [1.807, 2.05) is 0 Å². The Morgan fingerprint density at radius 1 is 1.20 bits per heavy atom. The molecule has 1 aromatic carbocycles. The lowest BCUT2D eigenvalue weighted by Gasteiger charge is -2.00. The third-order valence-corrected chi connectivity index (χ3v) is 3.65. The molecule has 1 heterocycles. The minimum Gasteiger partial charge on any atom is -0.453 e. The summed E-state index contributed by atoms with van der Waals surface area (Å²) in [6.45, 7) is 0.140. The van der Waals surface area contributed by atoms with Crippen LogP contribution in [0.15, 0.2) is 57.1 Å². The number of sulfone groups is 1. The highest BCUT2D eigenvalue weighted by molar-refractivity contribution is 7.91. The molecule has 3 nitrogen and oxygen atoms in total. The zero-order chi connectivity index (χ0) is 11.6. The van der Waals surface area contributed by atoms with Crippen LogP contribution in [0.2, 0.25) is 0 Å². The number of rotatable bonds is 2. The Hall–Kier alpha value is -1.55. The van der Waals surface area contributed by atoms with Crippen LogP contribution in [-0.2, 0) is 9.84 Å². The summed E-state index contributed by atoms with van der Waals surface area (Å²) in [4.78, 5) is 0.180. The van der Waals surface area contributed by atoms with E-state index in [0.717, 1.165) is 5.56 Å². The molecule has 15 heavy (non-hydrogen) atoms. The quantitative estimate of drug-likeness (QED) is 0.785. The van der Waals surface area contributed by atoms with Gasteiger partial charge >= 0.3 is 0 Å². The summed E-state index contributed by atoms with van der Waals surface area (Å²) >= 11 is 0. The minimum atomic E-state index is -3.55. The molecule has 0 aliphatic heterocycles. The number of hydrogen-bond acceptors (Lipinski definition) is 3. The van der Waals surface area contributed by atoms with Gasteiger partial charge in [-0.25, -0.2) is 8.42 Å². The second kappa shape index (κ2) is 3.55. The van der Waals surface area contributed by atoms with Gasteiger partial charge in [-0.2, -0.15) is 0 Å². The molecule has 78 valence electrons. The van der Waals surface area contributed by atoms with Crippen LogP contribution in [0.5, 0.6) is 0 Å². The van der Waals surface area contributed by atoms with E-state index < -0.39 is 9.84 Å². The van der Waals surface area contributed by atoms with Crippen molar-refractivity contribution in [3.63, 3.8) is 0 Å². The summed E-state index contributed by atoms with van der Waals surface area (Å²) in [7, 11) is -3.55. The van der Waals surface area contributed by atoms with Crippen LogP contribution in [0, 0.1) is 6.90 Å². The summed E-state index contributed by atoms with van der Waals surface area (Å²) in [5, 5.41) is -0.0638. The van der Waals surface area contributed by atoms with E-state index in [1.54, 1.807) is 12.1 Å². The van der Waals surface area contributed by atoms with Crippen molar-refractivity contribution < 1.29 is 14.2 Å². The third-order valence-electron chi connectivity index (χ3n) is 1.99. The molecule has 0 saturated carbocycles. The Morgan fingerprint density at radius 3 is 2.47 bits per heavy atom. The van der Waals surface area contributed by atoms with Gasteiger partial charge in [0, 0.05) is 1.37 Å². The van der Waals surface area contributed by atoms with Gasteiger partial charge < -0.3 is 4.42 Å². The molecule has 0 unspecified atom stereocenters. The average molecular weight is 223 g/mol. The molecule has 0 saturated heterocycles. The molecule has 0 fully saturated rings.